The third-order valence-electron chi connectivity index (χ3n) is 2.25. The molecule has 0 aliphatic heterocycles. The van der Waals surface area contributed by atoms with E-state index in [4.69, 9.17) is 5.73 Å². The van der Waals surface area contributed by atoms with Crippen LogP contribution in [0.2, 0.25) is 0 Å². The number of ketones is 1. The largest absolute Gasteiger partial charge is 0.326 e. The van der Waals surface area contributed by atoms with Gasteiger partial charge in [0.25, 0.3) is 0 Å². The van der Waals surface area contributed by atoms with Gasteiger partial charge in [0.2, 0.25) is 0 Å². The van der Waals surface area contributed by atoms with Crippen LogP contribution in [0, 0.1) is 11.6 Å². The zero-order chi connectivity index (χ0) is 12.3. The highest BCUT2D eigenvalue weighted by molar-refractivity contribution is 5.96. The van der Waals surface area contributed by atoms with Crippen LogP contribution in [-0.4, -0.2) is 11.3 Å². The summed E-state index contributed by atoms with van der Waals surface area (Å²) in [5.41, 5.74) is 5.02. The molecule has 2 N–H and O–H groups in total. The smallest absolute Gasteiger partial charge is 0.169 e. The van der Waals surface area contributed by atoms with Gasteiger partial charge in [-0.2, -0.15) is 0 Å². The molecule has 0 aliphatic rings. The van der Waals surface area contributed by atoms with Gasteiger partial charge >= 0.3 is 0 Å². The predicted molar refractivity (Wildman–Crippen MR) is 58.2 cm³/mol. The lowest BCUT2D eigenvalue weighted by Gasteiger charge is -2.17. The number of rotatable bonds is 4. The van der Waals surface area contributed by atoms with Gasteiger partial charge < -0.3 is 5.73 Å². The fourth-order valence-corrected chi connectivity index (χ4v) is 1.29. The Morgan fingerprint density at radius 1 is 1.38 bits per heavy atom. The Morgan fingerprint density at radius 3 is 2.56 bits per heavy atom. The van der Waals surface area contributed by atoms with E-state index in [0.717, 1.165) is 6.07 Å². The highest BCUT2D eigenvalue weighted by atomic mass is 19.2. The molecule has 0 saturated carbocycles. The number of carbonyl (C=O) groups is 1. The Kier molecular flexibility index (Phi) is 3.75. The Hall–Kier alpha value is -1.29. The van der Waals surface area contributed by atoms with Gasteiger partial charge in [0.1, 0.15) is 0 Å². The van der Waals surface area contributed by atoms with Gasteiger partial charge in [-0.25, -0.2) is 8.78 Å². The van der Waals surface area contributed by atoms with Crippen LogP contribution in [0.15, 0.2) is 18.2 Å². The lowest BCUT2D eigenvalue weighted by molar-refractivity contribution is 0.0967. The van der Waals surface area contributed by atoms with Gasteiger partial charge in [-0.15, -0.1) is 0 Å². The Morgan fingerprint density at radius 2 is 2.00 bits per heavy atom. The molecule has 1 rings (SSSR count). The van der Waals surface area contributed by atoms with Crippen molar-refractivity contribution in [2.75, 3.05) is 0 Å². The van der Waals surface area contributed by atoms with Gasteiger partial charge in [-0.05, 0) is 32.4 Å². The van der Waals surface area contributed by atoms with E-state index in [0.29, 0.717) is 6.42 Å². The molecule has 2 nitrogen and oxygen atoms in total. The van der Waals surface area contributed by atoms with Crippen molar-refractivity contribution in [3.63, 3.8) is 0 Å². The van der Waals surface area contributed by atoms with E-state index < -0.39 is 23.0 Å². The molecule has 0 atom stereocenters. The van der Waals surface area contributed by atoms with E-state index in [1.54, 1.807) is 13.8 Å². The minimum absolute atomic E-state index is 0.115. The van der Waals surface area contributed by atoms with E-state index in [1.165, 1.54) is 12.1 Å². The first-order valence-corrected chi connectivity index (χ1v) is 5.07. The molecule has 88 valence electrons. The minimum atomic E-state index is -1.08. The summed E-state index contributed by atoms with van der Waals surface area (Å²) < 4.78 is 26.1. The molecule has 0 saturated heterocycles. The van der Waals surface area contributed by atoms with E-state index in [-0.39, 0.29) is 12.0 Å². The fraction of sp³-hybridized carbons (Fsp3) is 0.417. The average molecular weight is 227 g/mol. The van der Waals surface area contributed by atoms with Crippen molar-refractivity contribution >= 4 is 5.78 Å². The first-order chi connectivity index (χ1) is 7.31. The van der Waals surface area contributed by atoms with E-state index in [2.05, 4.69) is 0 Å². The number of benzene rings is 1. The predicted octanol–water partition coefficient (Wildman–Crippen LogP) is 2.67. The second-order valence-corrected chi connectivity index (χ2v) is 4.51. The molecular formula is C12H15F2NO. The zero-order valence-corrected chi connectivity index (χ0v) is 9.39. The van der Waals surface area contributed by atoms with Gasteiger partial charge in [0.15, 0.2) is 17.4 Å². The summed E-state index contributed by atoms with van der Waals surface area (Å²) in [6, 6.07) is 3.59. The van der Waals surface area contributed by atoms with Crippen molar-refractivity contribution in [2.24, 2.45) is 5.73 Å². The Bertz CT molecular complexity index is 396. The average Bonchev–Trinajstić information content (AvgIpc) is 2.17. The van der Waals surface area contributed by atoms with Crippen LogP contribution in [0.4, 0.5) is 8.78 Å². The summed E-state index contributed by atoms with van der Waals surface area (Å²) in [6.45, 7) is 3.56. The summed E-state index contributed by atoms with van der Waals surface area (Å²) in [5.74, 6) is -2.50. The summed E-state index contributed by atoms with van der Waals surface area (Å²) in [6.07, 6.45) is 0.547. The molecule has 0 amide bonds. The number of hydrogen-bond acceptors (Lipinski definition) is 2. The monoisotopic (exact) mass is 227 g/mol. The molecule has 0 radical (unpaired) electrons. The SMILES string of the molecule is CC(C)(N)CCC(=O)c1cccc(F)c1F. The van der Waals surface area contributed by atoms with Crippen molar-refractivity contribution < 1.29 is 13.6 Å². The molecule has 0 aliphatic carbocycles. The molecule has 0 aromatic heterocycles. The molecule has 0 fully saturated rings. The normalized spacial score (nSPS) is 11.6. The molecular weight excluding hydrogens is 212 g/mol. The number of nitrogens with two attached hydrogens (primary N) is 1. The van der Waals surface area contributed by atoms with Crippen LogP contribution in [0.5, 0.6) is 0 Å². The summed E-state index contributed by atoms with van der Waals surface area (Å²) in [7, 11) is 0. The lowest BCUT2D eigenvalue weighted by Crippen LogP contribution is -2.32. The van der Waals surface area contributed by atoms with Crippen molar-refractivity contribution in [3.8, 4) is 0 Å². The second-order valence-electron chi connectivity index (χ2n) is 4.51. The maximum absolute atomic E-state index is 13.2. The molecule has 16 heavy (non-hydrogen) atoms. The third kappa shape index (κ3) is 3.38. The quantitative estimate of drug-likeness (QED) is 0.803. The standard InChI is InChI=1S/C12H15F2NO/c1-12(2,15)7-6-10(16)8-4-3-5-9(13)11(8)14/h3-5H,6-7,15H2,1-2H3. The molecule has 0 unspecified atom stereocenters. The number of halogens is 2. The second kappa shape index (κ2) is 4.70. The van der Waals surface area contributed by atoms with Crippen molar-refractivity contribution in [2.45, 2.75) is 32.2 Å². The fourth-order valence-electron chi connectivity index (χ4n) is 1.29. The third-order valence-corrected chi connectivity index (χ3v) is 2.25. The van der Waals surface area contributed by atoms with Crippen LogP contribution in [0.1, 0.15) is 37.0 Å². The van der Waals surface area contributed by atoms with Crippen molar-refractivity contribution in [1.82, 2.24) is 0 Å². The zero-order valence-electron chi connectivity index (χ0n) is 9.39. The number of carbonyl (C=O) groups excluding carboxylic acids is 1. The highest BCUT2D eigenvalue weighted by Crippen LogP contribution is 2.16. The Labute approximate surface area is 93.5 Å². The molecule has 1 aromatic carbocycles. The molecule has 0 heterocycles. The molecule has 0 bridgehead atoms. The van der Waals surface area contributed by atoms with Crippen molar-refractivity contribution in [3.05, 3.63) is 35.4 Å². The molecule has 0 spiro atoms. The van der Waals surface area contributed by atoms with E-state index >= 15 is 0 Å². The van der Waals surface area contributed by atoms with Gasteiger partial charge in [-0.1, -0.05) is 6.07 Å². The van der Waals surface area contributed by atoms with Crippen LogP contribution < -0.4 is 5.73 Å². The molecule has 1 aromatic rings. The Balaban J connectivity index is 2.78. The van der Waals surface area contributed by atoms with Crippen LogP contribution in [0.25, 0.3) is 0 Å². The summed E-state index contributed by atoms with van der Waals surface area (Å²) in [5, 5.41) is 0. The number of hydrogen-bond donors (Lipinski definition) is 1. The maximum atomic E-state index is 13.2. The topological polar surface area (TPSA) is 43.1 Å². The summed E-state index contributed by atoms with van der Waals surface area (Å²) in [4.78, 5) is 11.6. The van der Waals surface area contributed by atoms with E-state index in [9.17, 15) is 13.6 Å². The first-order valence-electron chi connectivity index (χ1n) is 5.07. The highest BCUT2D eigenvalue weighted by Gasteiger charge is 2.18. The molecule has 4 heteroatoms. The van der Waals surface area contributed by atoms with Crippen molar-refractivity contribution in [1.29, 1.82) is 0 Å². The first kappa shape index (κ1) is 12.8. The van der Waals surface area contributed by atoms with Gasteiger partial charge in [0.05, 0.1) is 5.56 Å². The maximum Gasteiger partial charge on any atom is 0.169 e. The van der Waals surface area contributed by atoms with Crippen LogP contribution in [0.3, 0.4) is 0 Å². The van der Waals surface area contributed by atoms with E-state index in [1.807, 2.05) is 0 Å². The number of Topliss-reactive ketones (excluding diaryl/α,β-unsaturated/α-hetero) is 1. The lowest BCUT2D eigenvalue weighted by atomic mass is 9.96. The van der Waals surface area contributed by atoms with Gasteiger partial charge in [0, 0.05) is 12.0 Å². The summed E-state index contributed by atoms with van der Waals surface area (Å²) >= 11 is 0. The van der Waals surface area contributed by atoms with Crippen LogP contribution in [-0.2, 0) is 0 Å². The minimum Gasteiger partial charge on any atom is -0.326 e. The van der Waals surface area contributed by atoms with Gasteiger partial charge in [-0.3, -0.25) is 4.79 Å². The van der Waals surface area contributed by atoms with Crippen LogP contribution >= 0.6 is 0 Å².